The molecule has 0 rings (SSSR count). The second-order valence-electron chi connectivity index (χ2n) is 22.9. The largest absolute Gasteiger partial charge is 0.394 e. The van der Waals surface area contributed by atoms with Crippen LogP contribution in [0.2, 0.25) is 0 Å². The van der Waals surface area contributed by atoms with Gasteiger partial charge in [0.15, 0.2) is 0 Å². The summed E-state index contributed by atoms with van der Waals surface area (Å²) in [6.45, 7) is 4.33. The zero-order chi connectivity index (χ0) is 53.4. The molecule has 4 nitrogen and oxygen atoms in total. The number of aliphatic hydroxyl groups is 2. The summed E-state index contributed by atoms with van der Waals surface area (Å²) in [7, 11) is 0. The molecule has 2 atom stereocenters. The van der Waals surface area contributed by atoms with E-state index in [4.69, 9.17) is 0 Å². The molecule has 3 N–H and O–H groups in total. The van der Waals surface area contributed by atoms with Gasteiger partial charge in [0.05, 0.1) is 18.8 Å². The number of carbonyl (C=O) groups is 1. The zero-order valence-corrected chi connectivity index (χ0v) is 50.1. The van der Waals surface area contributed by atoms with Gasteiger partial charge in [-0.25, -0.2) is 0 Å². The number of aliphatic hydroxyl groups excluding tert-OH is 2. The van der Waals surface area contributed by atoms with Gasteiger partial charge in [-0.1, -0.05) is 338 Å². The van der Waals surface area contributed by atoms with Crippen LogP contribution in [0.1, 0.15) is 361 Å². The molecule has 0 heterocycles. The minimum absolute atomic E-state index is 0.0739. The van der Waals surface area contributed by atoms with Crippen molar-refractivity contribution < 1.29 is 15.0 Å². The lowest BCUT2D eigenvalue weighted by Gasteiger charge is -2.19. The molecule has 0 radical (unpaired) electrons. The minimum atomic E-state index is -0.873. The molecule has 0 aromatic rings. The highest BCUT2D eigenvalue weighted by Gasteiger charge is 2.18. The van der Waals surface area contributed by atoms with Crippen LogP contribution >= 0.6 is 0 Å². The first-order chi connectivity index (χ1) is 36.7. The molecule has 0 bridgehead atoms. The molecule has 0 aliphatic carbocycles. The van der Waals surface area contributed by atoms with E-state index in [2.05, 4.69) is 67.8 Å². The third-order valence-corrected chi connectivity index (χ3v) is 15.5. The maximum Gasteiger partial charge on any atom is 0.220 e. The Labute approximate surface area is 464 Å². The summed E-state index contributed by atoms with van der Waals surface area (Å²) in [6, 6.07) is -0.648. The van der Waals surface area contributed by atoms with Crippen LogP contribution in [0.5, 0.6) is 0 Å². The van der Waals surface area contributed by atoms with Gasteiger partial charge >= 0.3 is 0 Å². The fraction of sp³-hybridized carbons (Fsp3) is 0.843. The number of nitrogens with one attached hydrogen (secondary N) is 1. The molecule has 0 aromatic carbocycles. The first-order valence-corrected chi connectivity index (χ1v) is 33.5. The van der Waals surface area contributed by atoms with Crippen LogP contribution in [0.3, 0.4) is 0 Å². The number of carbonyl (C=O) groups excluding carboxylic acids is 1. The molecule has 0 saturated heterocycles. The lowest BCUT2D eigenvalue weighted by Crippen LogP contribution is -2.45. The lowest BCUT2D eigenvalue weighted by atomic mass is 10.0. The van der Waals surface area contributed by atoms with Crippen molar-refractivity contribution in [3.05, 3.63) is 60.8 Å². The van der Waals surface area contributed by atoms with E-state index in [0.717, 1.165) is 44.9 Å². The second kappa shape index (κ2) is 65.4. The van der Waals surface area contributed by atoms with E-state index in [9.17, 15) is 15.0 Å². The molecule has 4 heteroatoms. The van der Waals surface area contributed by atoms with Crippen LogP contribution in [0, 0.1) is 0 Å². The van der Waals surface area contributed by atoms with Crippen molar-refractivity contribution in [3.8, 4) is 0 Å². The van der Waals surface area contributed by atoms with Crippen LogP contribution in [-0.4, -0.2) is 34.9 Å². The van der Waals surface area contributed by atoms with E-state index in [1.54, 1.807) is 6.08 Å². The molecule has 0 aliphatic heterocycles. The van der Waals surface area contributed by atoms with Gasteiger partial charge in [-0.3, -0.25) is 4.79 Å². The first-order valence-electron chi connectivity index (χ1n) is 33.5. The Morgan fingerprint density at radius 3 is 0.865 bits per heavy atom. The van der Waals surface area contributed by atoms with Gasteiger partial charge < -0.3 is 15.5 Å². The Morgan fingerprint density at radius 2 is 0.568 bits per heavy atom. The number of amides is 1. The average Bonchev–Trinajstić information content (AvgIpc) is 3.40. The van der Waals surface area contributed by atoms with Crippen molar-refractivity contribution in [2.75, 3.05) is 6.61 Å². The fourth-order valence-electron chi connectivity index (χ4n) is 10.4. The van der Waals surface area contributed by atoms with E-state index in [1.165, 1.54) is 295 Å². The molecule has 1 amide bonds. The second-order valence-corrected chi connectivity index (χ2v) is 22.9. The maximum atomic E-state index is 12.5. The summed E-state index contributed by atoms with van der Waals surface area (Å²) in [5.74, 6) is -0.0739. The van der Waals surface area contributed by atoms with Crippen molar-refractivity contribution in [1.29, 1.82) is 0 Å². The summed E-state index contributed by atoms with van der Waals surface area (Å²) in [5.41, 5.74) is 0. The molecule has 0 aliphatic rings. The van der Waals surface area contributed by atoms with Crippen LogP contribution in [0.25, 0.3) is 0 Å². The highest BCUT2D eigenvalue weighted by atomic mass is 16.3. The third kappa shape index (κ3) is 60.9. The van der Waals surface area contributed by atoms with Crippen molar-refractivity contribution in [1.82, 2.24) is 5.32 Å². The van der Waals surface area contributed by atoms with Crippen LogP contribution in [0.4, 0.5) is 0 Å². The lowest BCUT2D eigenvalue weighted by molar-refractivity contribution is -0.123. The average molecular weight is 1030 g/mol. The summed E-state index contributed by atoms with van der Waals surface area (Å²) in [6.07, 6.45) is 93.0. The summed E-state index contributed by atoms with van der Waals surface area (Å²) >= 11 is 0. The minimum Gasteiger partial charge on any atom is -0.394 e. The first kappa shape index (κ1) is 72.1. The maximum absolute atomic E-state index is 12.5. The summed E-state index contributed by atoms with van der Waals surface area (Å²) in [5, 5.41) is 23.2. The standard InChI is InChI=1S/C70H131NO3/c1-3-5-7-9-11-13-15-17-19-21-23-25-27-28-29-30-31-32-33-34-35-36-37-38-39-40-41-42-44-46-48-50-52-54-56-58-60-62-64-66-70(74)71-68(67-72)69(73)65-63-61-59-57-55-53-51-49-47-45-43-26-24-22-20-18-16-14-12-10-8-6-4-2/h31-32,34-35,47,49,55,57,63,65,68-69,72-73H,3-30,33,36-46,48,50-54,56,58-62,64,66-67H2,1-2H3,(H,71,74)/b32-31-,35-34-,49-47+,57-55+,65-63+. The molecular weight excluding hydrogens is 903 g/mol. The van der Waals surface area contributed by atoms with Crippen molar-refractivity contribution in [2.24, 2.45) is 0 Å². The SMILES string of the molecule is CCCCCCCCCCCCCCC/C=C/CC/C=C/CC/C=C/C(O)C(CO)NC(=O)CCCCCCCCCCCCCCCCCCC/C=C\C/C=C\CCCCCCCCCCCCCCCCC. The third-order valence-electron chi connectivity index (χ3n) is 15.5. The molecule has 0 fully saturated rings. The number of unbranched alkanes of at least 4 members (excludes halogenated alkanes) is 47. The summed E-state index contributed by atoms with van der Waals surface area (Å²) in [4.78, 5) is 12.5. The molecule has 74 heavy (non-hydrogen) atoms. The Hall–Kier alpha value is -1.91. The van der Waals surface area contributed by atoms with Crippen LogP contribution < -0.4 is 5.32 Å². The predicted octanol–water partition coefficient (Wildman–Crippen LogP) is 22.7. The van der Waals surface area contributed by atoms with Gasteiger partial charge in [-0.15, -0.1) is 0 Å². The molecular formula is C70H131NO3. The quantitative estimate of drug-likeness (QED) is 0.0420. The smallest absolute Gasteiger partial charge is 0.220 e. The van der Waals surface area contributed by atoms with Crippen LogP contribution in [0.15, 0.2) is 60.8 Å². The monoisotopic (exact) mass is 1030 g/mol. The molecule has 0 saturated carbocycles. The van der Waals surface area contributed by atoms with Crippen LogP contribution in [-0.2, 0) is 4.79 Å². The Morgan fingerprint density at radius 1 is 0.324 bits per heavy atom. The number of hydrogen-bond donors (Lipinski definition) is 3. The van der Waals surface area contributed by atoms with Gasteiger partial charge in [0.1, 0.15) is 0 Å². The van der Waals surface area contributed by atoms with Crippen molar-refractivity contribution >= 4 is 5.91 Å². The van der Waals surface area contributed by atoms with Gasteiger partial charge in [0.25, 0.3) is 0 Å². The Balaban J connectivity index is 3.48. The van der Waals surface area contributed by atoms with Crippen molar-refractivity contribution in [3.63, 3.8) is 0 Å². The topological polar surface area (TPSA) is 69.6 Å². The van der Waals surface area contributed by atoms with E-state index >= 15 is 0 Å². The predicted molar refractivity (Wildman–Crippen MR) is 331 cm³/mol. The fourth-order valence-corrected chi connectivity index (χ4v) is 10.4. The number of rotatable bonds is 62. The van der Waals surface area contributed by atoms with Gasteiger partial charge in [0.2, 0.25) is 5.91 Å². The van der Waals surface area contributed by atoms with E-state index in [-0.39, 0.29) is 12.5 Å². The normalized spacial score (nSPS) is 13.1. The molecule has 0 aromatic heterocycles. The van der Waals surface area contributed by atoms with Gasteiger partial charge in [-0.05, 0) is 77.0 Å². The highest BCUT2D eigenvalue weighted by molar-refractivity contribution is 5.76. The summed E-state index contributed by atoms with van der Waals surface area (Å²) < 4.78 is 0. The van der Waals surface area contributed by atoms with Crippen molar-refractivity contribution in [2.45, 2.75) is 373 Å². The van der Waals surface area contributed by atoms with E-state index < -0.39 is 12.1 Å². The molecule has 0 spiro atoms. The highest BCUT2D eigenvalue weighted by Crippen LogP contribution is 2.18. The molecule has 434 valence electrons. The number of allylic oxidation sites excluding steroid dienone is 9. The van der Waals surface area contributed by atoms with Gasteiger partial charge in [0, 0.05) is 6.42 Å². The number of hydrogen-bond acceptors (Lipinski definition) is 3. The van der Waals surface area contributed by atoms with Gasteiger partial charge in [-0.2, -0.15) is 0 Å². The Kier molecular flexibility index (Phi) is 63.7. The zero-order valence-electron chi connectivity index (χ0n) is 50.1. The Bertz CT molecular complexity index is 1220. The molecule has 2 unspecified atom stereocenters. The van der Waals surface area contributed by atoms with E-state index in [1.807, 2.05) is 6.08 Å². The van der Waals surface area contributed by atoms with E-state index in [0.29, 0.717) is 6.42 Å².